The first kappa shape index (κ1) is 18.2. The van der Waals surface area contributed by atoms with Crippen LogP contribution in [0.3, 0.4) is 0 Å². The van der Waals surface area contributed by atoms with E-state index in [0.717, 1.165) is 0 Å². The largest absolute Gasteiger partial charge is 0.456 e. The Bertz CT molecular complexity index is 707. The average Bonchev–Trinajstić information content (AvgIpc) is 2.57. The van der Waals surface area contributed by atoms with E-state index in [4.69, 9.17) is 22.1 Å². The fraction of sp³-hybridized carbons (Fsp3) is 0.333. The van der Waals surface area contributed by atoms with Crippen molar-refractivity contribution in [3.05, 3.63) is 53.3 Å². The Morgan fingerprint density at radius 1 is 1.33 bits per heavy atom. The average molecular weight is 348 g/mol. The van der Waals surface area contributed by atoms with Crippen LogP contribution in [0.25, 0.3) is 0 Å². The third-order valence-corrected chi connectivity index (χ3v) is 4.46. The van der Waals surface area contributed by atoms with Crippen molar-refractivity contribution in [3.8, 4) is 11.5 Å². The number of nitrogens with zero attached hydrogens (tertiary/aromatic N) is 1. The number of rotatable bonds is 6. The molecule has 0 spiro atoms. The summed E-state index contributed by atoms with van der Waals surface area (Å²) in [6, 6.07) is 8.39. The molecule has 24 heavy (non-hydrogen) atoms. The van der Waals surface area contributed by atoms with Crippen LogP contribution in [-0.4, -0.2) is 23.0 Å². The quantitative estimate of drug-likeness (QED) is 0.836. The number of nitrogens with two attached hydrogens (primary N) is 1. The van der Waals surface area contributed by atoms with Crippen molar-refractivity contribution >= 4 is 17.5 Å². The summed E-state index contributed by atoms with van der Waals surface area (Å²) in [6.45, 7) is 6.32. The van der Waals surface area contributed by atoms with Crippen LogP contribution in [0.2, 0.25) is 5.02 Å². The van der Waals surface area contributed by atoms with Gasteiger partial charge < -0.3 is 15.8 Å². The first-order valence-corrected chi connectivity index (χ1v) is 8.13. The van der Waals surface area contributed by atoms with Crippen LogP contribution < -0.4 is 15.8 Å². The fourth-order valence-electron chi connectivity index (χ4n) is 2.02. The van der Waals surface area contributed by atoms with E-state index in [9.17, 15) is 4.79 Å². The molecule has 0 aliphatic heterocycles. The van der Waals surface area contributed by atoms with Crippen molar-refractivity contribution in [1.82, 2.24) is 10.3 Å². The van der Waals surface area contributed by atoms with E-state index in [1.165, 1.54) is 0 Å². The molecule has 6 heteroatoms. The Balaban J connectivity index is 2.15. The molecule has 2 rings (SSSR count). The molecule has 0 bridgehead atoms. The van der Waals surface area contributed by atoms with Crippen molar-refractivity contribution in [1.29, 1.82) is 0 Å². The van der Waals surface area contributed by atoms with Gasteiger partial charge in [0, 0.05) is 24.5 Å². The van der Waals surface area contributed by atoms with Crippen LogP contribution in [0, 0.1) is 5.92 Å². The molecule has 0 aliphatic rings. The van der Waals surface area contributed by atoms with Gasteiger partial charge in [0.15, 0.2) is 0 Å². The zero-order valence-corrected chi connectivity index (χ0v) is 14.8. The second-order valence-corrected chi connectivity index (χ2v) is 6.57. The highest BCUT2D eigenvalue weighted by Crippen LogP contribution is 2.30. The number of amides is 1. The molecule has 0 saturated carbocycles. The number of halogens is 1. The lowest BCUT2D eigenvalue weighted by Gasteiger charge is -2.33. The minimum Gasteiger partial charge on any atom is -0.456 e. The summed E-state index contributed by atoms with van der Waals surface area (Å²) in [5, 5.41) is 3.34. The summed E-state index contributed by atoms with van der Waals surface area (Å²) in [5.74, 6) is 1.09. The first-order chi connectivity index (χ1) is 11.4. The highest BCUT2D eigenvalue weighted by molar-refractivity contribution is 6.32. The predicted octanol–water partition coefficient (Wildman–Crippen LogP) is 3.63. The van der Waals surface area contributed by atoms with Crippen LogP contribution in [0.15, 0.2) is 42.7 Å². The van der Waals surface area contributed by atoms with Crippen LogP contribution in [-0.2, 0) is 0 Å². The normalized spacial score (nSPS) is 13.4. The fourth-order valence-corrected chi connectivity index (χ4v) is 2.24. The molecule has 1 heterocycles. The maximum atomic E-state index is 12.5. The topological polar surface area (TPSA) is 77.2 Å². The summed E-state index contributed by atoms with van der Waals surface area (Å²) in [5.41, 5.74) is 5.79. The van der Waals surface area contributed by atoms with E-state index in [2.05, 4.69) is 10.3 Å². The lowest BCUT2D eigenvalue weighted by molar-refractivity contribution is 0.0883. The summed E-state index contributed by atoms with van der Waals surface area (Å²) >= 11 is 6.25. The number of carbonyl (C=O) groups is 1. The van der Waals surface area contributed by atoms with Crippen LogP contribution in [0.1, 0.15) is 31.1 Å². The molecule has 0 fully saturated rings. The minimum atomic E-state index is -0.476. The molecule has 5 nitrogen and oxygen atoms in total. The van der Waals surface area contributed by atoms with Gasteiger partial charge in [0.05, 0.1) is 10.6 Å². The van der Waals surface area contributed by atoms with E-state index in [0.29, 0.717) is 28.6 Å². The van der Waals surface area contributed by atoms with Crippen molar-refractivity contribution in [2.24, 2.45) is 11.7 Å². The van der Waals surface area contributed by atoms with Gasteiger partial charge >= 0.3 is 0 Å². The number of carbonyl (C=O) groups excluding carboxylic acids is 1. The second-order valence-electron chi connectivity index (χ2n) is 6.16. The molecule has 2 aromatic rings. The van der Waals surface area contributed by atoms with E-state index in [-0.39, 0.29) is 11.8 Å². The maximum Gasteiger partial charge on any atom is 0.251 e. The highest BCUT2D eigenvalue weighted by atomic mass is 35.5. The highest BCUT2D eigenvalue weighted by Gasteiger charge is 2.29. The molecule has 1 aromatic heterocycles. The van der Waals surface area contributed by atoms with Crippen LogP contribution in [0.5, 0.6) is 11.5 Å². The summed E-state index contributed by atoms with van der Waals surface area (Å²) in [4.78, 5) is 16.4. The van der Waals surface area contributed by atoms with Gasteiger partial charge in [-0.25, -0.2) is 0 Å². The molecule has 0 aliphatic carbocycles. The summed E-state index contributed by atoms with van der Waals surface area (Å²) in [7, 11) is 0. The minimum absolute atomic E-state index is 0.205. The predicted molar refractivity (Wildman–Crippen MR) is 95.5 cm³/mol. The SMILES string of the molecule is CC(C)C(C)(CN)NC(=O)c1ccc(Oc2ccncc2)c(Cl)c1. The Morgan fingerprint density at radius 2 is 2.00 bits per heavy atom. The molecular weight excluding hydrogens is 326 g/mol. The van der Waals surface area contributed by atoms with E-state index in [1.54, 1.807) is 42.7 Å². The van der Waals surface area contributed by atoms with Gasteiger partial charge in [0.2, 0.25) is 0 Å². The lowest BCUT2D eigenvalue weighted by atomic mass is 9.88. The van der Waals surface area contributed by atoms with E-state index in [1.807, 2.05) is 20.8 Å². The summed E-state index contributed by atoms with van der Waals surface area (Å²) in [6.07, 6.45) is 3.26. The number of benzene rings is 1. The van der Waals surface area contributed by atoms with Gasteiger partial charge in [-0.05, 0) is 43.2 Å². The zero-order valence-electron chi connectivity index (χ0n) is 14.0. The van der Waals surface area contributed by atoms with Crippen LogP contribution >= 0.6 is 11.6 Å². The van der Waals surface area contributed by atoms with Gasteiger partial charge in [-0.15, -0.1) is 0 Å². The first-order valence-electron chi connectivity index (χ1n) is 7.75. The Kier molecular flexibility index (Phi) is 5.80. The van der Waals surface area contributed by atoms with Crippen molar-refractivity contribution in [3.63, 3.8) is 0 Å². The van der Waals surface area contributed by atoms with Crippen molar-refractivity contribution in [2.75, 3.05) is 6.54 Å². The number of hydrogen-bond acceptors (Lipinski definition) is 4. The van der Waals surface area contributed by atoms with E-state index >= 15 is 0 Å². The smallest absolute Gasteiger partial charge is 0.251 e. The molecule has 1 atom stereocenters. The van der Waals surface area contributed by atoms with Gasteiger partial charge in [-0.1, -0.05) is 25.4 Å². The molecule has 1 unspecified atom stereocenters. The second kappa shape index (κ2) is 7.64. The van der Waals surface area contributed by atoms with E-state index < -0.39 is 5.54 Å². The number of hydrogen-bond donors (Lipinski definition) is 2. The third kappa shape index (κ3) is 4.24. The molecular formula is C18H22ClN3O2. The molecule has 1 aromatic carbocycles. The van der Waals surface area contributed by atoms with Crippen molar-refractivity contribution < 1.29 is 9.53 Å². The number of pyridine rings is 1. The van der Waals surface area contributed by atoms with Crippen molar-refractivity contribution in [2.45, 2.75) is 26.3 Å². The number of nitrogens with one attached hydrogen (secondary N) is 1. The molecule has 128 valence electrons. The number of ether oxygens (including phenoxy) is 1. The zero-order chi connectivity index (χ0) is 17.7. The third-order valence-electron chi connectivity index (χ3n) is 4.17. The van der Waals surface area contributed by atoms with Gasteiger partial charge in [-0.2, -0.15) is 0 Å². The van der Waals surface area contributed by atoms with Gasteiger partial charge in [0.25, 0.3) is 5.91 Å². The molecule has 3 N–H and O–H groups in total. The standard InChI is InChI=1S/C18H22ClN3O2/c1-12(2)18(3,11-20)22-17(23)13-4-5-16(15(19)10-13)24-14-6-8-21-9-7-14/h4-10,12H,11,20H2,1-3H3,(H,22,23). The monoisotopic (exact) mass is 347 g/mol. The van der Waals surface area contributed by atoms with Gasteiger partial charge in [-0.3, -0.25) is 9.78 Å². The Hall–Kier alpha value is -2.11. The maximum absolute atomic E-state index is 12.5. The Labute approximate surface area is 147 Å². The van der Waals surface area contributed by atoms with Crippen LogP contribution in [0.4, 0.5) is 0 Å². The summed E-state index contributed by atoms with van der Waals surface area (Å²) < 4.78 is 5.68. The lowest BCUT2D eigenvalue weighted by Crippen LogP contribution is -2.55. The molecule has 0 saturated heterocycles. The molecule has 0 radical (unpaired) electrons. The molecule has 1 amide bonds. The number of aromatic nitrogens is 1. The van der Waals surface area contributed by atoms with Gasteiger partial charge in [0.1, 0.15) is 11.5 Å². The Morgan fingerprint density at radius 3 is 2.54 bits per heavy atom.